The molecule has 2 unspecified atom stereocenters. The van der Waals surface area contributed by atoms with Gasteiger partial charge in [-0.05, 0) is 18.2 Å². The quantitative estimate of drug-likeness (QED) is 0.861. The van der Waals surface area contributed by atoms with Crippen molar-refractivity contribution in [3.8, 4) is 0 Å². The third kappa shape index (κ3) is 3.34. The molecule has 0 aromatic heterocycles. The van der Waals surface area contributed by atoms with Crippen molar-refractivity contribution in [1.29, 1.82) is 0 Å². The Morgan fingerprint density at radius 1 is 1.14 bits per heavy atom. The number of hydrogen-bond donors (Lipinski definition) is 1. The molecule has 7 heteroatoms. The van der Waals surface area contributed by atoms with E-state index in [4.69, 9.17) is 11.6 Å². The van der Waals surface area contributed by atoms with Crippen molar-refractivity contribution in [3.63, 3.8) is 0 Å². The van der Waals surface area contributed by atoms with E-state index in [1.807, 2.05) is 24.3 Å². The molecule has 1 aromatic carbocycles. The van der Waals surface area contributed by atoms with Crippen LogP contribution in [0.1, 0.15) is 0 Å². The predicted octanol–water partition coefficient (Wildman–Crippen LogP) is 0.620. The largest absolute Gasteiger partial charge is 0.390 e. The van der Waals surface area contributed by atoms with E-state index in [1.165, 1.54) is 0 Å². The molecule has 0 aliphatic carbocycles. The van der Waals surface area contributed by atoms with Crippen LogP contribution >= 0.6 is 11.6 Å². The van der Waals surface area contributed by atoms with Crippen LogP contribution in [0.4, 0.5) is 5.69 Å². The maximum absolute atomic E-state index is 11.6. The first kappa shape index (κ1) is 15.1. The van der Waals surface area contributed by atoms with Crippen LogP contribution in [0.2, 0.25) is 5.02 Å². The lowest BCUT2D eigenvalue weighted by Crippen LogP contribution is -2.53. The Morgan fingerprint density at radius 3 is 2.43 bits per heavy atom. The predicted molar refractivity (Wildman–Crippen MR) is 83.7 cm³/mol. The minimum absolute atomic E-state index is 0.0747. The minimum atomic E-state index is -3.09. The number of aliphatic hydroxyl groups is 1. The Kier molecular flexibility index (Phi) is 4.14. The second kappa shape index (κ2) is 5.76. The van der Waals surface area contributed by atoms with Gasteiger partial charge in [0.15, 0.2) is 9.84 Å². The Balaban J connectivity index is 1.63. The van der Waals surface area contributed by atoms with Crippen molar-refractivity contribution in [2.75, 3.05) is 42.6 Å². The molecule has 21 heavy (non-hydrogen) atoms. The van der Waals surface area contributed by atoms with Crippen LogP contribution in [0.15, 0.2) is 24.3 Å². The lowest BCUT2D eigenvalue weighted by atomic mass is 10.1. The molecule has 2 aliphatic rings. The Hall–Kier alpha value is -0.820. The highest BCUT2D eigenvalue weighted by atomic mass is 35.5. The van der Waals surface area contributed by atoms with Crippen LogP contribution in [0, 0.1) is 0 Å². The molecule has 0 spiro atoms. The summed E-state index contributed by atoms with van der Waals surface area (Å²) >= 11 is 6.01. The van der Waals surface area contributed by atoms with Gasteiger partial charge in [0.2, 0.25) is 0 Å². The van der Waals surface area contributed by atoms with Gasteiger partial charge in [-0.25, -0.2) is 8.42 Å². The SMILES string of the molecule is O=S1(=O)CC(O)C(N2CCN(c3cccc(Cl)c3)CC2)C1. The third-order valence-corrected chi connectivity index (χ3v) is 6.18. The van der Waals surface area contributed by atoms with Crippen molar-refractivity contribution in [2.24, 2.45) is 0 Å². The molecule has 0 saturated carbocycles. The van der Waals surface area contributed by atoms with Crippen molar-refractivity contribution < 1.29 is 13.5 Å². The van der Waals surface area contributed by atoms with Gasteiger partial charge in [0.05, 0.1) is 23.7 Å². The first-order chi connectivity index (χ1) is 9.94. The average Bonchev–Trinajstić information content (AvgIpc) is 2.72. The summed E-state index contributed by atoms with van der Waals surface area (Å²) in [7, 11) is -3.09. The highest BCUT2D eigenvalue weighted by molar-refractivity contribution is 7.91. The van der Waals surface area contributed by atoms with Gasteiger partial charge < -0.3 is 10.0 Å². The number of aliphatic hydroxyl groups excluding tert-OH is 1. The maximum atomic E-state index is 11.6. The molecule has 2 saturated heterocycles. The standard InChI is InChI=1S/C14H19ClN2O3S/c15-11-2-1-3-12(8-11)16-4-6-17(7-5-16)13-9-21(19,20)10-14(13)18/h1-3,8,13-14,18H,4-7,9-10H2. The summed E-state index contributed by atoms with van der Waals surface area (Å²) in [6.07, 6.45) is -0.757. The number of hydrogen-bond acceptors (Lipinski definition) is 5. The molecule has 0 radical (unpaired) electrons. The third-order valence-electron chi connectivity index (χ3n) is 4.25. The molecule has 0 bridgehead atoms. The van der Waals surface area contributed by atoms with Crippen molar-refractivity contribution in [1.82, 2.24) is 4.90 Å². The number of halogens is 1. The highest BCUT2D eigenvalue weighted by Gasteiger charge is 2.40. The Labute approximate surface area is 130 Å². The molecule has 2 atom stereocenters. The molecule has 3 rings (SSSR count). The van der Waals surface area contributed by atoms with Gasteiger partial charge in [-0.3, -0.25) is 4.90 Å². The van der Waals surface area contributed by atoms with E-state index >= 15 is 0 Å². The molecule has 0 amide bonds. The first-order valence-electron chi connectivity index (χ1n) is 7.08. The Morgan fingerprint density at radius 2 is 1.86 bits per heavy atom. The van der Waals surface area contributed by atoms with Gasteiger partial charge in [-0.2, -0.15) is 0 Å². The summed E-state index contributed by atoms with van der Waals surface area (Å²) in [6.45, 7) is 3.13. The molecule has 5 nitrogen and oxygen atoms in total. The van der Waals surface area contributed by atoms with Crippen molar-refractivity contribution in [3.05, 3.63) is 29.3 Å². The molecule has 1 aromatic rings. The fourth-order valence-electron chi connectivity index (χ4n) is 3.14. The summed E-state index contributed by atoms with van der Waals surface area (Å²) in [4.78, 5) is 4.33. The van der Waals surface area contributed by atoms with Crippen LogP contribution in [0.5, 0.6) is 0 Å². The van der Waals surface area contributed by atoms with Gasteiger partial charge in [0.25, 0.3) is 0 Å². The Bertz CT molecular complexity index is 614. The van der Waals surface area contributed by atoms with E-state index in [9.17, 15) is 13.5 Å². The van der Waals surface area contributed by atoms with E-state index in [1.54, 1.807) is 0 Å². The second-order valence-corrected chi connectivity index (χ2v) is 8.30. The van der Waals surface area contributed by atoms with Gasteiger partial charge in [0, 0.05) is 36.9 Å². The fraction of sp³-hybridized carbons (Fsp3) is 0.571. The van der Waals surface area contributed by atoms with Gasteiger partial charge in [0.1, 0.15) is 0 Å². The minimum Gasteiger partial charge on any atom is -0.390 e. The normalized spacial score (nSPS) is 29.7. The topological polar surface area (TPSA) is 60.9 Å². The second-order valence-electron chi connectivity index (χ2n) is 5.71. The maximum Gasteiger partial charge on any atom is 0.154 e. The number of anilines is 1. The average molecular weight is 331 g/mol. The fourth-order valence-corrected chi connectivity index (χ4v) is 5.16. The number of benzene rings is 1. The summed E-state index contributed by atoms with van der Waals surface area (Å²) < 4.78 is 23.2. The van der Waals surface area contributed by atoms with E-state index in [0.717, 1.165) is 31.9 Å². The lowest BCUT2D eigenvalue weighted by molar-refractivity contribution is 0.0793. The van der Waals surface area contributed by atoms with Gasteiger partial charge in [-0.1, -0.05) is 17.7 Å². The zero-order valence-corrected chi connectivity index (χ0v) is 13.2. The summed E-state index contributed by atoms with van der Waals surface area (Å²) in [6, 6.07) is 7.48. The van der Waals surface area contributed by atoms with E-state index in [0.29, 0.717) is 5.02 Å². The summed E-state index contributed by atoms with van der Waals surface area (Å²) in [5.41, 5.74) is 1.08. The molecule has 2 heterocycles. The van der Waals surface area contributed by atoms with Crippen LogP contribution in [-0.4, -0.2) is 68.3 Å². The van der Waals surface area contributed by atoms with Gasteiger partial charge in [-0.15, -0.1) is 0 Å². The number of rotatable bonds is 2. The number of nitrogens with zero attached hydrogens (tertiary/aromatic N) is 2. The lowest BCUT2D eigenvalue weighted by Gasteiger charge is -2.39. The zero-order chi connectivity index (χ0) is 15.0. The van der Waals surface area contributed by atoms with Crippen LogP contribution in [0.25, 0.3) is 0 Å². The number of piperazine rings is 1. The molecule has 2 aliphatic heterocycles. The van der Waals surface area contributed by atoms with Crippen molar-refractivity contribution >= 4 is 27.1 Å². The summed E-state index contributed by atoms with van der Waals surface area (Å²) in [5.74, 6) is -0.0303. The van der Waals surface area contributed by atoms with Crippen LogP contribution in [0.3, 0.4) is 0 Å². The highest BCUT2D eigenvalue weighted by Crippen LogP contribution is 2.24. The smallest absolute Gasteiger partial charge is 0.154 e. The van der Waals surface area contributed by atoms with E-state index in [-0.39, 0.29) is 17.5 Å². The molecule has 2 fully saturated rings. The van der Waals surface area contributed by atoms with E-state index in [2.05, 4.69) is 9.80 Å². The first-order valence-corrected chi connectivity index (χ1v) is 9.28. The van der Waals surface area contributed by atoms with Crippen LogP contribution in [-0.2, 0) is 9.84 Å². The van der Waals surface area contributed by atoms with Crippen LogP contribution < -0.4 is 4.90 Å². The monoisotopic (exact) mass is 330 g/mol. The molecule has 116 valence electrons. The number of sulfone groups is 1. The van der Waals surface area contributed by atoms with E-state index < -0.39 is 15.9 Å². The molecule has 1 N–H and O–H groups in total. The molecular formula is C14H19ClN2O3S. The van der Waals surface area contributed by atoms with Gasteiger partial charge >= 0.3 is 0 Å². The zero-order valence-electron chi connectivity index (χ0n) is 11.7. The van der Waals surface area contributed by atoms with Crippen molar-refractivity contribution in [2.45, 2.75) is 12.1 Å². The summed E-state index contributed by atoms with van der Waals surface area (Å²) in [5, 5.41) is 10.7. The molecular weight excluding hydrogens is 312 g/mol.